The molecule has 0 amide bonds. The Morgan fingerprint density at radius 1 is 0.857 bits per heavy atom. The van der Waals surface area contributed by atoms with E-state index in [0.29, 0.717) is 19.0 Å². The summed E-state index contributed by atoms with van der Waals surface area (Å²) in [5, 5.41) is 0. The van der Waals surface area contributed by atoms with E-state index in [1.807, 2.05) is 0 Å². The molecular weight excluding hydrogens is 292 g/mol. The monoisotopic (exact) mass is 328 g/mol. The summed E-state index contributed by atoms with van der Waals surface area (Å²) in [6.07, 6.45) is 4.25. The average Bonchev–Trinajstić information content (AvgIpc) is 2.24. The summed E-state index contributed by atoms with van der Waals surface area (Å²) in [6, 6.07) is 0. The van der Waals surface area contributed by atoms with E-state index in [4.69, 9.17) is 0 Å². The molecule has 0 unspecified atom stereocenters. The molecule has 0 aromatic carbocycles. The van der Waals surface area contributed by atoms with E-state index < -0.39 is 0 Å². The maximum Gasteiger partial charge on any atom is 0.0655 e. The van der Waals surface area contributed by atoms with Gasteiger partial charge in [-0.25, -0.2) is 0 Å². The quantitative estimate of drug-likeness (QED) is 0.517. The van der Waals surface area contributed by atoms with Gasteiger partial charge in [0.05, 0.1) is 4.08 Å². The van der Waals surface area contributed by atoms with Gasteiger partial charge in [-0.05, 0) is 36.0 Å². The van der Waals surface area contributed by atoms with Gasteiger partial charge in [0.2, 0.25) is 0 Å². The molecule has 2 rings (SSSR count). The molecule has 1 saturated heterocycles. The zero-order valence-electron chi connectivity index (χ0n) is 15.7. The number of rotatable bonds is 1. The SMILES string of the molecule is CC(C)[C@@H]1CC[C@@H](C)CC12SC(C)(C)C(C)(C)C(C)(C)S2. The van der Waals surface area contributed by atoms with Crippen molar-refractivity contribution < 1.29 is 0 Å². The maximum atomic E-state index is 2.50. The first-order chi connectivity index (χ1) is 9.35. The molecule has 2 fully saturated rings. The minimum absolute atomic E-state index is 0.325. The van der Waals surface area contributed by atoms with Crippen LogP contribution in [0.4, 0.5) is 0 Å². The Labute approximate surface area is 142 Å². The lowest BCUT2D eigenvalue weighted by atomic mass is 9.70. The topological polar surface area (TPSA) is 0 Å². The minimum atomic E-state index is 0.325. The molecule has 1 aliphatic heterocycles. The van der Waals surface area contributed by atoms with E-state index in [1.165, 1.54) is 19.3 Å². The molecule has 2 aliphatic rings. The van der Waals surface area contributed by atoms with Gasteiger partial charge in [0, 0.05) is 9.49 Å². The van der Waals surface area contributed by atoms with Crippen LogP contribution in [0.3, 0.4) is 0 Å². The largest absolute Gasteiger partial charge is 0.137 e. The van der Waals surface area contributed by atoms with Gasteiger partial charge < -0.3 is 0 Å². The summed E-state index contributed by atoms with van der Waals surface area (Å²) in [4.78, 5) is 0. The summed E-state index contributed by atoms with van der Waals surface area (Å²) in [5.41, 5.74) is 0.336. The third-order valence-electron chi connectivity index (χ3n) is 6.84. The van der Waals surface area contributed by atoms with Crippen LogP contribution in [-0.2, 0) is 0 Å². The van der Waals surface area contributed by atoms with Crippen LogP contribution in [0.5, 0.6) is 0 Å². The fourth-order valence-electron chi connectivity index (χ4n) is 4.36. The predicted molar refractivity (Wildman–Crippen MR) is 101 cm³/mol. The second-order valence-corrected chi connectivity index (χ2v) is 13.6. The van der Waals surface area contributed by atoms with E-state index in [0.717, 1.165) is 17.8 Å². The molecule has 1 heterocycles. The van der Waals surface area contributed by atoms with Crippen molar-refractivity contribution in [1.29, 1.82) is 0 Å². The third-order valence-corrected chi connectivity index (χ3v) is 11.0. The maximum absolute atomic E-state index is 2.50. The van der Waals surface area contributed by atoms with Crippen molar-refractivity contribution in [3.63, 3.8) is 0 Å². The van der Waals surface area contributed by atoms with Crippen molar-refractivity contribution in [3.05, 3.63) is 0 Å². The van der Waals surface area contributed by atoms with Gasteiger partial charge in [-0.15, -0.1) is 23.5 Å². The van der Waals surface area contributed by atoms with Crippen LogP contribution in [0.1, 0.15) is 81.6 Å². The highest BCUT2D eigenvalue weighted by Crippen LogP contribution is 2.71. The van der Waals surface area contributed by atoms with Crippen LogP contribution in [0.25, 0.3) is 0 Å². The van der Waals surface area contributed by atoms with Crippen LogP contribution < -0.4 is 0 Å². The Bertz CT molecular complexity index is 372. The van der Waals surface area contributed by atoms with E-state index in [-0.39, 0.29) is 0 Å². The number of thioether (sulfide) groups is 2. The first kappa shape index (κ1) is 18.0. The lowest BCUT2D eigenvalue weighted by molar-refractivity contribution is 0.183. The molecule has 1 spiro atoms. The Morgan fingerprint density at radius 2 is 1.33 bits per heavy atom. The highest BCUT2D eigenvalue weighted by Gasteiger charge is 2.62. The van der Waals surface area contributed by atoms with Gasteiger partial charge in [-0.3, -0.25) is 0 Å². The lowest BCUT2D eigenvalue weighted by Gasteiger charge is -2.64. The summed E-state index contributed by atoms with van der Waals surface area (Å²) in [6.45, 7) is 22.3. The Morgan fingerprint density at radius 3 is 1.76 bits per heavy atom. The van der Waals surface area contributed by atoms with E-state index in [2.05, 4.69) is 85.8 Å². The fourth-order valence-corrected chi connectivity index (χ4v) is 10.4. The molecule has 1 aliphatic carbocycles. The molecule has 2 atom stereocenters. The van der Waals surface area contributed by atoms with E-state index in [1.54, 1.807) is 0 Å². The lowest BCUT2D eigenvalue weighted by Crippen LogP contribution is -2.60. The van der Waals surface area contributed by atoms with Crippen molar-refractivity contribution in [2.75, 3.05) is 0 Å². The first-order valence-electron chi connectivity index (χ1n) is 8.75. The fraction of sp³-hybridized carbons (Fsp3) is 1.00. The summed E-state index contributed by atoms with van der Waals surface area (Å²) in [5.74, 6) is 2.54. The van der Waals surface area contributed by atoms with E-state index in [9.17, 15) is 0 Å². The molecule has 0 aromatic heterocycles. The minimum Gasteiger partial charge on any atom is -0.137 e. The normalized spacial score (nSPS) is 36.9. The van der Waals surface area contributed by atoms with Crippen LogP contribution in [-0.4, -0.2) is 13.6 Å². The average molecular weight is 329 g/mol. The smallest absolute Gasteiger partial charge is 0.0655 e. The van der Waals surface area contributed by atoms with Crippen LogP contribution >= 0.6 is 23.5 Å². The van der Waals surface area contributed by atoms with Gasteiger partial charge >= 0.3 is 0 Å². The third kappa shape index (κ3) is 2.82. The molecule has 0 radical (unpaired) electrons. The number of hydrogen-bond acceptors (Lipinski definition) is 2. The van der Waals surface area contributed by atoms with Gasteiger partial charge in [-0.1, -0.05) is 68.7 Å². The first-order valence-corrected chi connectivity index (χ1v) is 10.4. The van der Waals surface area contributed by atoms with Crippen molar-refractivity contribution in [2.45, 2.75) is 95.1 Å². The Kier molecular flexibility index (Phi) is 4.61. The Balaban J connectivity index is 2.46. The Hall–Kier alpha value is 0.700. The zero-order valence-corrected chi connectivity index (χ0v) is 17.3. The summed E-state index contributed by atoms with van der Waals surface area (Å²) >= 11 is 4.65. The van der Waals surface area contributed by atoms with Crippen molar-refractivity contribution in [3.8, 4) is 0 Å². The highest BCUT2D eigenvalue weighted by atomic mass is 32.2. The molecule has 1 saturated carbocycles. The van der Waals surface area contributed by atoms with Gasteiger partial charge in [0.1, 0.15) is 0 Å². The van der Waals surface area contributed by atoms with E-state index >= 15 is 0 Å². The summed E-state index contributed by atoms with van der Waals surface area (Å²) in [7, 11) is 0. The molecular formula is C19H36S2. The van der Waals surface area contributed by atoms with Crippen LogP contribution in [0.15, 0.2) is 0 Å². The molecule has 2 heteroatoms. The van der Waals surface area contributed by atoms with Crippen molar-refractivity contribution in [2.24, 2.45) is 23.2 Å². The van der Waals surface area contributed by atoms with Gasteiger partial charge in [0.25, 0.3) is 0 Å². The summed E-state index contributed by atoms with van der Waals surface area (Å²) < 4.78 is 1.08. The molecule has 21 heavy (non-hydrogen) atoms. The second-order valence-electron chi connectivity index (χ2n) is 9.40. The van der Waals surface area contributed by atoms with Gasteiger partial charge in [0.15, 0.2) is 0 Å². The predicted octanol–water partition coefficient (Wildman–Crippen LogP) is 6.84. The molecule has 0 bridgehead atoms. The van der Waals surface area contributed by atoms with Crippen LogP contribution in [0, 0.1) is 23.2 Å². The molecule has 0 nitrogen and oxygen atoms in total. The van der Waals surface area contributed by atoms with Crippen molar-refractivity contribution >= 4 is 23.5 Å². The molecule has 0 aromatic rings. The van der Waals surface area contributed by atoms with Crippen LogP contribution in [0.2, 0.25) is 0 Å². The highest BCUT2D eigenvalue weighted by molar-refractivity contribution is 8.20. The second kappa shape index (κ2) is 5.36. The standard InChI is InChI=1S/C19H36S2/c1-13(2)15-11-10-14(3)12-19(15)20-17(6,7)16(4,5)18(8,9)21-19/h13-15H,10-12H2,1-9H3/t14-,15+/m1/s1. The molecule has 124 valence electrons. The zero-order chi connectivity index (χ0) is 16.3. The van der Waals surface area contributed by atoms with Crippen molar-refractivity contribution in [1.82, 2.24) is 0 Å². The number of hydrogen-bond donors (Lipinski definition) is 0. The molecule has 0 N–H and O–H groups in total. The van der Waals surface area contributed by atoms with Gasteiger partial charge in [-0.2, -0.15) is 0 Å².